The largest absolute Gasteiger partial charge is 0.310 e. The van der Waals surface area contributed by atoms with Gasteiger partial charge in [-0.15, -0.1) is 0 Å². The van der Waals surface area contributed by atoms with Crippen LogP contribution < -0.4 is 4.90 Å². The van der Waals surface area contributed by atoms with E-state index < -0.39 is 0 Å². The fourth-order valence-electron chi connectivity index (χ4n) is 11.7. The summed E-state index contributed by atoms with van der Waals surface area (Å²) in [6.45, 7) is 9.49. The van der Waals surface area contributed by atoms with Gasteiger partial charge in [-0.25, -0.2) is 0 Å². The molecule has 0 bridgehead atoms. The van der Waals surface area contributed by atoms with Crippen LogP contribution in [0.15, 0.2) is 231 Å². The van der Waals surface area contributed by atoms with Gasteiger partial charge in [0.2, 0.25) is 0 Å². The molecule has 68 heavy (non-hydrogen) atoms. The number of aromatic nitrogens is 1. The van der Waals surface area contributed by atoms with Crippen LogP contribution in [0, 0.1) is 0 Å². The van der Waals surface area contributed by atoms with Crippen molar-refractivity contribution < 1.29 is 0 Å². The predicted molar refractivity (Wildman–Crippen MR) is 287 cm³/mol. The normalized spacial score (nSPS) is 13.8. The second-order valence-electron chi connectivity index (χ2n) is 19.8. The molecule has 2 heteroatoms. The zero-order valence-corrected chi connectivity index (χ0v) is 38.8. The summed E-state index contributed by atoms with van der Waals surface area (Å²) in [5, 5.41) is 2.49. The van der Waals surface area contributed by atoms with E-state index >= 15 is 0 Å². The van der Waals surface area contributed by atoms with Crippen LogP contribution in [0.4, 0.5) is 17.1 Å². The second kappa shape index (κ2) is 15.2. The fourth-order valence-corrected chi connectivity index (χ4v) is 11.7. The van der Waals surface area contributed by atoms with Crippen LogP contribution in [0.2, 0.25) is 0 Å². The van der Waals surface area contributed by atoms with Gasteiger partial charge in [0, 0.05) is 44.4 Å². The van der Waals surface area contributed by atoms with Gasteiger partial charge in [0.05, 0.1) is 11.0 Å². The fraction of sp³-hybridized carbons (Fsp3) is 0.0909. The molecular weight excluding hydrogens is 821 g/mol. The standard InChI is InChI=1S/C66H50N2/c1-65(2)59-27-14-11-24-53(59)55-33-31-51(41-61(55)65)67(52-32-34-56-54-25-12-15-28-60(54)66(3,4)62(56)42-52)50-23-17-20-44(39-50)47-36-46(43-18-7-5-8-19-43)37-48(38-47)45-30-35-64-58(40-45)57-26-13-16-29-63(57)68(64)49-21-9-6-10-22-49/h5-42H,1-4H3. The lowest BCUT2D eigenvalue weighted by Crippen LogP contribution is -2.18. The smallest absolute Gasteiger partial charge is 0.0541 e. The van der Waals surface area contributed by atoms with Crippen molar-refractivity contribution in [2.45, 2.75) is 38.5 Å². The number of rotatable bonds is 7. The van der Waals surface area contributed by atoms with Crippen LogP contribution in [0.3, 0.4) is 0 Å². The minimum atomic E-state index is -0.134. The molecule has 0 saturated heterocycles. The van der Waals surface area contributed by atoms with Gasteiger partial charge in [-0.05, 0) is 163 Å². The monoisotopic (exact) mass is 870 g/mol. The van der Waals surface area contributed by atoms with Gasteiger partial charge in [-0.3, -0.25) is 0 Å². The van der Waals surface area contributed by atoms with Gasteiger partial charge in [0.1, 0.15) is 0 Å². The van der Waals surface area contributed by atoms with Crippen molar-refractivity contribution in [1.82, 2.24) is 4.57 Å². The Morgan fingerprint density at radius 2 is 0.765 bits per heavy atom. The van der Waals surface area contributed by atoms with Crippen LogP contribution in [-0.2, 0) is 10.8 Å². The summed E-state index contributed by atoms with van der Waals surface area (Å²) in [6.07, 6.45) is 0. The van der Waals surface area contributed by atoms with E-state index in [0.29, 0.717) is 0 Å². The summed E-state index contributed by atoms with van der Waals surface area (Å²) in [4.78, 5) is 2.49. The van der Waals surface area contributed by atoms with E-state index in [0.717, 1.165) is 28.3 Å². The molecule has 0 N–H and O–H groups in total. The van der Waals surface area contributed by atoms with E-state index in [-0.39, 0.29) is 10.8 Å². The van der Waals surface area contributed by atoms with E-state index in [1.54, 1.807) is 0 Å². The third-order valence-electron chi connectivity index (χ3n) is 15.1. The maximum Gasteiger partial charge on any atom is 0.0541 e. The molecule has 0 fully saturated rings. The zero-order valence-electron chi connectivity index (χ0n) is 38.8. The van der Waals surface area contributed by atoms with Gasteiger partial charge < -0.3 is 9.47 Å². The summed E-state index contributed by atoms with van der Waals surface area (Å²) < 4.78 is 2.39. The number of nitrogens with zero attached hydrogens (tertiary/aromatic N) is 2. The van der Waals surface area contributed by atoms with E-state index in [4.69, 9.17) is 0 Å². The van der Waals surface area contributed by atoms with Gasteiger partial charge in [-0.2, -0.15) is 0 Å². The minimum absolute atomic E-state index is 0.134. The van der Waals surface area contributed by atoms with Crippen LogP contribution in [-0.4, -0.2) is 4.57 Å². The molecule has 2 aliphatic rings. The van der Waals surface area contributed by atoms with E-state index in [1.807, 2.05) is 0 Å². The molecule has 324 valence electrons. The van der Waals surface area contributed by atoms with Gasteiger partial charge in [0.15, 0.2) is 0 Å². The Labute approximate surface area is 399 Å². The Kier molecular flexibility index (Phi) is 8.95. The number of anilines is 3. The SMILES string of the molecule is CC1(C)c2ccccc2-c2ccc(N(c3cccc(-c4cc(-c5ccccc5)cc(-c5ccc6c(c5)c5ccccc5n6-c5ccccc5)c4)c3)c3ccc4c(c3)C(C)(C)c3ccccc3-4)cc21. The van der Waals surface area contributed by atoms with E-state index in [2.05, 4.69) is 268 Å². The summed E-state index contributed by atoms with van der Waals surface area (Å²) in [5.74, 6) is 0. The Morgan fingerprint density at radius 3 is 1.40 bits per heavy atom. The molecule has 1 heterocycles. The molecule has 2 nitrogen and oxygen atoms in total. The summed E-state index contributed by atoms with van der Waals surface area (Å²) in [6, 6.07) is 85.7. The quantitative estimate of drug-likeness (QED) is 0.155. The van der Waals surface area contributed by atoms with Gasteiger partial charge >= 0.3 is 0 Å². The van der Waals surface area contributed by atoms with Gasteiger partial charge in [-0.1, -0.05) is 173 Å². The van der Waals surface area contributed by atoms with Crippen molar-refractivity contribution in [2.75, 3.05) is 4.90 Å². The lowest BCUT2D eigenvalue weighted by atomic mass is 9.82. The van der Waals surface area contributed by atoms with Gasteiger partial charge in [0.25, 0.3) is 0 Å². The highest BCUT2D eigenvalue weighted by Gasteiger charge is 2.38. The van der Waals surface area contributed by atoms with Crippen molar-refractivity contribution in [3.05, 3.63) is 253 Å². The number of benzene rings is 10. The van der Waals surface area contributed by atoms with Crippen LogP contribution in [0.1, 0.15) is 49.9 Å². The Morgan fingerprint density at radius 1 is 0.294 bits per heavy atom. The molecule has 1 aromatic heterocycles. The molecule has 11 aromatic rings. The maximum absolute atomic E-state index is 2.49. The Bertz CT molecular complexity index is 3690. The van der Waals surface area contributed by atoms with Crippen molar-refractivity contribution in [1.29, 1.82) is 0 Å². The number of hydrogen-bond acceptors (Lipinski definition) is 1. The topological polar surface area (TPSA) is 8.17 Å². The van der Waals surface area contributed by atoms with E-state index in [1.165, 1.54) is 94.1 Å². The third kappa shape index (κ3) is 6.17. The molecule has 0 aliphatic heterocycles. The average molecular weight is 871 g/mol. The van der Waals surface area contributed by atoms with Crippen molar-refractivity contribution in [3.8, 4) is 61.3 Å². The molecule has 0 spiro atoms. The number of hydrogen-bond donors (Lipinski definition) is 0. The van der Waals surface area contributed by atoms with Crippen LogP contribution in [0.5, 0.6) is 0 Å². The molecule has 2 aliphatic carbocycles. The average Bonchev–Trinajstić information content (AvgIpc) is 3.93. The highest BCUT2D eigenvalue weighted by Crippen LogP contribution is 2.53. The zero-order chi connectivity index (χ0) is 45.7. The van der Waals surface area contributed by atoms with E-state index in [9.17, 15) is 0 Å². The minimum Gasteiger partial charge on any atom is -0.310 e. The summed E-state index contributed by atoms with van der Waals surface area (Å²) in [7, 11) is 0. The summed E-state index contributed by atoms with van der Waals surface area (Å²) in [5.41, 5.74) is 24.6. The Hall–Kier alpha value is -8.20. The first-order valence-corrected chi connectivity index (χ1v) is 23.9. The first kappa shape index (κ1) is 40.1. The maximum atomic E-state index is 2.49. The lowest BCUT2D eigenvalue weighted by molar-refractivity contribution is 0.660. The first-order valence-electron chi connectivity index (χ1n) is 23.9. The van der Waals surface area contributed by atoms with Crippen LogP contribution >= 0.6 is 0 Å². The molecule has 0 radical (unpaired) electrons. The molecule has 0 amide bonds. The van der Waals surface area contributed by atoms with Crippen molar-refractivity contribution in [2.24, 2.45) is 0 Å². The highest BCUT2D eigenvalue weighted by atomic mass is 15.1. The molecule has 0 saturated carbocycles. The van der Waals surface area contributed by atoms with Crippen molar-refractivity contribution in [3.63, 3.8) is 0 Å². The first-order chi connectivity index (χ1) is 33.2. The Balaban J connectivity index is 0.982. The second-order valence-corrected chi connectivity index (χ2v) is 19.8. The van der Waals surface area contributed by atoms with Crippen molar-refractivity contribution >= 4 is 38.9 Å². The predicted octanol–water partition coefficient (Wildman–Crippen LogP) is 17.9. The summed E-state index contributed by atoms with van der Waals surface area (Å²) >= 11 is 0. The third-order valence-corrected chi connectivity index (χ3v) is 15.1. The molecule has 13 rings (SSSR count). The van der Waals surface area contributed by atoms with Crippen LogP contribution in [0.25, 0.3) is 83.1 Å². The number of para-hydroxylation sites is 2. The number of fused-ring (bicyclic) bond motifs is 9. The molecular formula is C66H50N2. The lowest BCUT2D eigenvalue weighted by Gasteiger charge is -2.30. The molecule has 10 aromatic carbocycles. The highest BCUT2D eigenvalue weighted by molar-refractivity contribution is 6.10. The molecule has 0 unspecified atom stereocenters. The molecule has 0 atom stereocenters.